The molecule has 0 spiro atoms. The highest BCUT2D eigenvalue weighted by molar-refractivity contribution is 5.97. The van der Waals surface area contributed by atoms with Crippen molar-refractivity contribution in [1.82, 2.24) is 15.3 Å². The molecule has 2 aromatic rings. The van der Waals surface area contributed by atoms with Crippen LogP contribution in [-0.2, 0) is 0 Å². The Kier molecular flexibility index (Phi) is 4.06. The molecule has 5 nitrogen and oxygen atoms in total. The van der Waals surface area contributed by atoms with Crippen LogP contribution in [0.15, 0.2) is 30.6 Å². The van der Waals surface area contributed by atoms with Crippen molar-refractivity contribution in [3.05, 3.63) is 36.2 Å². The molecule has 0 unspecified atom stereocenters. The summed E-state index contributed by atoms with van der Waals surface area (Å²) in [7, 11) is 0. The molecule has 0 radical (unpaired) electrons. The zero-order chi connectivity index (χ0) is 13.8. The standard InChI is InChI=1S/C14H17N3O2/c1-9(2)13(8-18)17-14(19)10-3-4-11-12(7-10)16-6-5-15-11/h3-7,9,13,18H,8H2,1-2H3,(H,17,19)/t13-/m1/s1. The first-order valence-electron chi connectivity index (χ1n) is 6.24. The summed E-state index contributed by atoms with van der Waals surface area (Å²) in [4.78, 5) is 20.4. The lowest BCUT2D eigenvalue weighted by atomic mass is 10.0. The zero-order valence-electron chi connectivity index (χ0n) is 11.0. The van der Waals surface area contributed by atoms with Gasteiger partial charge in [-0.25, -0.2) is 0 Å². The molecule has 0 aliphatic rings. The number of aliphatic hydroxyl groups excluding tert-OH is 1. The normalized spacial score (nSPS) is 12.6. The molecule has 2 N–H and O–H groups in total. The van der Waals surface area contributed by atoms with Gasteiger partial charge in [-0.2, -0.15) is 0 Å². The zero-order valence-corrected chi connectivity index (χ0v) is 11.0. The third-order valence-corrected chi connectivity index (χ3v) is 3.05. The lowest BCUT2D eigenvalue weighted by molar-refractivity contribution is 0.0897. The first-order chi connectivity index (χ1) is 9.11. The van der Waals surface area contributed by atoms with Gasteiger partial charge in [0.15, 0.2) is 0 Å². The second kappa shape index (κ2) is 5.75. The number of hydrogen-bond donors (Lipinski definition) is 2. The smallest absolute Gasteiger partial charge is 0.251 e. The highest BCUT2D eigenvalue weighted by Gasteiger charge is 2.16. The minimum absolute atomic E-state index is 0.0726. The first-order valence-corrected chi connectivity index (χ1v) is 6.24. The maximum atomic E-state index is 12.1. The summed E-state index contributed by atoms with van der Waals surface area (Å²) in [5, 5.41) is 12.0. The summed E-state index contributed by atoms with van der Waals surface area (Å²) in [6.07, 6.45) is 3.21. The number of nitrogens with one attached hydrogen (secondary N) is 1. The van der Waals surface area contributed by atoms with Crippen molar-refractivity contribution in [2.75, 3.05) is 6.61 Å². The first kappa shape index (κ1) is 13.4. The number of carbonyl (C=O) groups is 1. The van der Waals surface area contributed by atoms with Crippen LogP contribution in [-0.4, -0.2) is 33.6 Å². The Labute approximate surface area is 111 Å². The van der Waals surface area contributed by atoms with Gasteiger partial charge >= 0.3 is 0 Å². The molecular formula is C14H17N3O2. The topological polar surface area (TPSA) is 75.1 Å². The van der Waals surface area contributed by atoms with E-state index in [0.29, 0.717) is 11.1 Å². The molecule has 0 aliphatic heterocycles. The number of aliphatic hydroxyl groups is 1. The van der Waals surface area contributed by atoms with Crippen LogP contribution in [0.4, 0.5) is 0 Å². The molecule has 0 bridgehead atoms. The quantitative estimate of drug-likeness (QED) is 0.869. The molecule has 1 atom stereocenters. The van der Waals surface area contributed by atoms with Crippen molar-refractivity contribution in [3.8, 4) is 0 Å². The molecule has 1 aromatic carbocycles. The highest BCUT2D eigenvalue weighted by Crippen LogP contribution is 2.11. The lowest BCUT2D eigenvalue weighted by Crippen LogP contribution is -2.41. The number of carbonyl (C=O) groups excluding carboxylic acids is 1. The van der Waals surface area contributed by atoms with Crippen LogP contribution in [0.1, 0.15) is 24.2 Å². The Morgan fingerprint density at radius 2 is 1.95 bits per heavy atom. The Balaban J connectivity index is 2.21. The van der Waals surface area contributed by atoms with Crippen LogP contribution in [0.2, 0.25) is 0 Å². The van der Waals surface area contributed by atoms with Gasteiger partial charge in [0.1, 0.15) is 0 Å². The average Bonchev–Trinajstić information content (AvgIpc) is 2.43. The Morgan fingerprint density at radius 3 is 2.58 bits per heavy atom. The fourth-order valence-corrected chi connectivity index (χ4v) is 1.78. The van der Waals surface area contributed by atoms with Crippen LogP contribution >= 0.6 is 0 Å². The third kappa shape index (κ3) is 3.06. The Bertz CT molecular complexity index is 584. The molecule has 0 saturated heterocycles. The van der Waals surface area contributed by atoms with Gasteiger partial charge in [0, 0.05) is 18.0 Å². The largest absolute Gasteiger partial charge is 0.394 e. The van der Waals surface area contributed by atoms with E-state index in [1.807, 2.05) is 13.8 Å². The fraction of sp³-hybridized carbons (Fsp3) is 0.357. The van der Waals surface area contributed by atoms with Crippen molar-refractivity contribution >= 4 is 16.9 Å². The third-order valence-electron chi connectivity index (χ3n) is 3.05. The summed E-state index contributed by atoms with van der Waals surface area (Å²) in [6.45, 7) is 3.83. The fourth-order valence-electron chi connectivity index (χ4n) is 1.78. The molecule has 0 fully saturated rings. The minimum atomic E-state index is -0.245. The van der Waals surface area contributed by atoms with E-state index in [4.69, 9.17) is 0 Å². The van der Waals surface area contributed by atoms with Gasteiger partial charge in [-0.05, 0) is 24.1 Å². The molecular weight excluding hydrogens is 242 g/mol. The minimum Gasteiger partial charge on any atom is -0.394 e. The average molecular weight is 259 g/mol. The molecule has 0 aliphatic carbocycles. The molecule has 5 heteroatoms. The Morgan fingerprint density at radius 1 is 1.26 bits per heavy atom. The van der Waals surface area contributed by atoms with E-state index >= 15 is 0 Å². The predicted molar refractivity (Wildman–Crippen MR) is 72.7 cm³/mol. The van der Waals surface area contributed by atoms with Crippen LogP contribution < -0.4 is 5.32 Å². The van der Waals surface area contributed by atoms with Gasteiger partial charge in [0.05, 0.1) is 23.7 Å². The van der Waals surface area contributed by atoms with E-state index in [9.17, 15) is 9.90 Å². The summed E-state index contributed by atoms with van der Waals surface area (Å²) in [5.74, 6) is -0.0329. The molecule has 2 rings (SSSR count). The molecule has 1 amide bonds. The summed E-state index contributed by atoms with van der Waals surface area (Å²) in [6, 6.07) is 4.93. The van der Waals surface area contributed by atoms with Crippen LogP contribution in [0.5, 0.6) is 0 Å². The molecule has 1 aromatic heterocycles. The van der Waals surface area contributed by atoms with Crippen LogP contribution in [0.3, 0.4) is 0 Å². The van der Waals surface area contributed by atoms with E-state index in [1.165, 1.54) is 0 Å². The number of fused-ring (bicyclic) bond motifs is 1. The van der Waals surface area contributed by atoms with E-state index in [0.717, 1.165) is 5.52 Å². The van der Waals surface area contributed by atoms with Gasteiger partial charge in [0.2, 0.25) is 0 Å². The van der Waals surface area contributed by atoms with Gasteiger partial charge in [-0.1, -0.05) is 13.8 Å². The van der Waals surface area contributed by atoms with Gasteiger partial charge in [0.25, 0.3) is 5.91 Å². The van der Waals surface area contributed by atoms with Gasteiger partial charge < -0.3 is 10.4 Å². The van der Waals surface area contributed by atoms with Crippen molar-refractivity contribution in [2.45, 2.75) is 19.9 Å². The van der Waals surface area contributed by atoms with Gasteiger partial charge in [-0.15, -0.1) is 0 Å². The predicted octanol–water partition coefficient (Wildman–Crippen LogP) is 1.38. The monoisotopic (exact) mass is 259 g/mol. The number of rotatable bonds is 4. The number of nitrogens with zero attached hydrogens (tertiary/aromatic N) is 2. The van der Waals surface area contributed by atoms with Crippen LogP contribution in [0, 0.1) is 5.92 Å². The second-order valence-electron chi connectivity index (χ2n) is 4.77. The number of benzene rings is 1. The van der Waals surface area contributed by atoms with E-state index in [-0.39, 0.29) is 24.5 Å². The van der Waals surface area contributed by atoms with Crippen LogP contribution in [0.25, 0.3) is 11.0 Å². The molecule has 1 heterocycles. The van der Waals surface area contributed by atoms with E-state index in [1.54, 1.807) is 30.6 Å². The summed E-state index contributed by atoms with van der Waals surface area (Å²) >= 11 is 0. The van der Waals surface area contributed by atoms with Gasteiger partial charge in [-0.3, -0.25) is 14.8 Å². The van der Waals surface area contributed by atoms with E-state index in [2.05, 4.69) is 15.3 Å². The van der Waals surface area contributed by atoms with Crippen molar-refractivity contribution < 1.29 is 9.90 Å². The summed E-state index contributed by atoms with van der Waals surface area (Å²) in [5.41, 5.74) is 1.95. The maximum Gasteiger partial charge on any atom is 0.251 e. The number of aromatic nitrogens is 2. The lowest BCUT2D eigenvalue weighted by Gasteiger charge is -2.19. The SMILES string of the molecule is CC(C)[C@@H](CO)NC(=O)c1ccc2nccnc2c1. The molecule has 0 saturated carbocycles. The van der Waals surface area contributed by atoms with Crippen molar-refractivity contribution in [2.24, 2.45) is 5.92 Å². The Hall–Kier alpha value is -2.01. The highest BCUT2D eigenvalue weighted by atomic mass is 16.3. The molecule has 19 heavy (non-hydrogen) atoms. The summed E-state index contributed by atoms with van der Waals surface area (Å²) < 4.78 is 0. The number of amides is 1. The number of hydrogen-bond acceptors (Lipinski definition) is 4. The molecule has 100 valence electrons. The maximum absolute atomic E-state index is 12.1. The van der Waals surface area contributed by atoms with Crippen molar-refractivity contribution in [3.63, 3.8) is 0 Å². The van der Waals surface area contributed by atoms with Crippen molar-refractivity contribution in [1.29, 1.82) is 0 Å². The second-order valence-corrected chi connectivity index (χ2v) is 4.77. The van der Waals surface area contributed by atoms with E-state index < -0.39 is 0 Å².